The number of anilines is 1. The van der Waals surface area contributed by atoms with E-state index < -0.39 is 0 Å². The highest BCUT2D eigenvalue weighted by atomic mass is 35.5. The van der Waals surface area contributed by atoms with Crippen LogP contribution in [0.25, 0.3) is 0 Å². The van der Waals surface area contributed by atoms with Gasteiger partial charge < -0.3 is 19.7 Å². The van der Waals surface area contributed by atoms with Crippen LogP contribution in [-0.2, 0) is 9.53 Å². The van der Waals surface area contributed by atoms with Gasteiger partial charge in [-0.15, -0.1) is 0 Å². The van der Waals surface area contributed by atoms with Crippen molar-refractivity contribution in [3.63, 3.8) is 0 Å². The average Bonchev–Trinajstić information content (AvgIpc) is 2.68. The summed E-state index contributed by atoms with van der Waals surface area (Å²) in [7, 11) is 0. The third-order valence-corrected chi connectivity index (χ3v) is 4.72. The first-order valence-corrected chi connectivity index (χ1v) is 9.48. The third-order valence-electron chi connectivity index (χ3n) is 4.44. The minimum absolute atomic E-state index is 0.0333. The lowest BCUT2D eigenvalue weighted by molar-refractivity contribution is -0.118. The number of morpholine rings is 1. The Labute approximate surface area is 169 Å². The fourth-order valence-electron chi connectivity index (χ4n) is 3.07. The number of aryl methyl sites for hydroxylation is 2. The van der Waals surface area contributed by atoms with Gasteiger partial charge in [-0.2, -0.15) is 0 Å². The number of hydrogen-bond donors (Lipinski definition) is 1. The first-order valence-electron chi connectivity index (χ1n) is 9.10. The summed E-state index contributed by atoms with van der Waals surface area (Å²) in [5, 5.41) is 3.24. The van der Waals surface area contributed by atoms with Crippen molar-refractivity contribution >= 4 is 29.1 Å². The third kappa shape index (κ3) is 5.03. The van der Waals surface area contributed by atoms with E-state index in [0.717, 1.165) is 11.1 Å². The molecule has 0 bridgehead atoms. The van der Waals surface area contributed by atoms with Crippen LogP contribution in [0.1, 0.15) is 21.5 Å². The fourth-order valence-corrected chi connectivity index (χ4v) is 3.44. The summed E-state index contributed by atoms with van der Waals surface area (Å²) in [6.45, 7) is 5.98. The second-order valence-corrected chi connectivity index (χ2v) is 7.12. The van der Waals surface area contributed by atoms with Crippen LogP contribution in [0.15, 0.2) is 36.4 Å². The highest BCUT2D eigenvalue weighted by Crippen LogP contribution is 2.29. The molecule has 1 aliphatic heterocycles. The summed E-state index contributed by atoms with van der Waals surface area (Å²) < 4.78 is 10.8. The van der Waals surface area contributed by atoms with E-state index in [1.165, 1.54) is 0 Å². The molecule has 0 atom stereocenters. The van der Waals surface area contributed by atoms with Crippen LogP contribution in [0.4, 0.5) is 5.69 Å². The van der Waals surface area contributed by atoms with Crippen molar-refractivity contribution in [2.45, 2.75) is 13.8 Å². The highest BCUT2D eigenvalue weighted by Gasteiger charge is 2.18. The molecule has 1 N–H and O–H groups in total. The van der Waals surface area contributed by atoms with E-state index in [9.17, 15) is 9.59 Å². The van der Waals surface area contributed by atoms with E-state index in [2.05, 4.69) is 5.32 Å². The van der Waals surface area contributed by atoms with E-state index in [-0.39, 0.29) is 18.4 Å². The molecule has 1 fully saturated rings. The predicted molar refractivity (Wildman–Crippen MR) is 108 cm³/mol. The molecule has 2 amide bonds. The maximum absolute atomic E-state index is 12.4. The number of carbonyl (C=O) groups is 2. The van der Waals surface area contributed by atoms with Crippen LogP contribution >= 0.6 is 11.6 Å². The van der Waals surface area contributed by atoms with Crippen molar-refractivity contribution in [2.24, 2.45) is 0 Å². The molecule has 1 saturated heterocycles. The van der Waals surface area contributed by atoms with E-state index in [1.807, 2.05) is 19.9 Å². The van der Waals surface area contributed by atoms with Gasteiger partial charge in [-0.25, -0.2) is 0 Å². The Kier molecular flexibility index (Phi) is 6.54. The SMILES string of the molecule is Cc1cc(C)c(OCC(=O)Nc2ccc(C(=O)N3CCOCC3)cc2)c(Cl)c1. The van der Waals surface area contributed by atoms with E-state index >= 15 is 0 Å². The molecule has 0 aromatic heterocycles. The topological polar surface area (TPSA) is 67.9 Å². The first kappa shape index (κ1) is 20.2. The fraction of sp³-hybridized carbons (Fsp3) is 0.333. The molecule has 28 heavy (non-hydrogen) atoms. The van der Waals surface area contributed by atoms with Gasteiger partial charge in [-0.1, -0.05) is 17.7 Å². The van der Waals surface area contributed by atoms with Crippen LogP contribution in [0.5, 0.6) is 5.75 Å². The molecule has 2 aromatic carbocycles. The highest BCUT2D eigenvalue weighted by molar-refractivity contribution is 6.32. The normalized spacial score (nSPS) is 13.9. The van der Waals surface area contributed by atoms with Gasteiger partial charge in [-0.3, -0.25) is 9.59 Å². The van der Waals surface area contributed by atoms with Crippen molar-refractivity contribution in [1.29, 1.82) is 0 Å². The summed E-state index contributed by atoms with van der Waals surface area (Å²) in [5.74, 6) is 0.172. The number of nitrogens with zero attached hydrogens (tertiary/aromatic N) is 1. The van der Waals surface area contributed by atoms with Crippen molar-refractivity contribution in [2.75, 3.05) is 38.2 Å². The summed E-state index contributed by atoms with van der Waals surface area (Å²) in [5.41, 5.74) is 3.09. The van der Waals surface area contributed by atoms with Crippen LogP contribution in [0.2, 0.25) is 5.02 Å². The Bertz CT molecular complexity index is 838. The van der Waals surface area contributed by atoms with Gasteiger partial charge in [0.2, 0.25) is 0 Å². The molecule has 7 heteroatoms. The Morgan fingerprint density at radius 3 is 2.46 bits per heavy atom. The van der Waals surface area contributed by atoms with Gasteiger partial charge in [-0.05, 0) is 55.3 Å². The standard InChI is InChI=1S/C21H23ClN2O4/c1-14-11-15(2)20(18(22)12-14)28-13-19(25)23-17-5-3-16(4-6-17)21(26)24-7-9-27-10-8-24/h3-6,11-12H,7-10,13H2,1-2H3,(H,23,25). The van der Waals surface area contributed by atoms with Crippen LogP contribution in [0, 0.1) is 13.8 Å². The van der Waals surface area contributed by atoms with Crippen LogP contribution in [-0.4, -0.2) is 49.6 Å². The zero-order chi connectivity index (χ0) is 20.1. The van der Waals surface area contributed by atoms with E-state index in [1.54, 1.807) is 35.2 Å². The van der Waals surface area contributed by atoms with Gasteiger partial charge in [0.25, 0.3) is 11.8 Å². The lowest BCUT2D eigenvalue weighted by Gasteiger charge is -2.26. The number of carbonyl (C=O) groups excluding carboxylic acids is 2. The van der Waals surface area contributed by atoms with Gasteiger partial charge in [0.15, 0.2) is 6.61 Å². The summed E-state index contributed by atoms with van der Waals surface area (Å²) in [4.78, 5) is 26.4. The molecule has 1 heterocycles. The number of amides is 2. The Hall–Kier alpha value is -2.57. The summed E-state index contributed by atoms with van der Waals surface area (Å²) in [6.07, 6.45) is 0. The number of halogens is 1. The molecule has 3 rings (SSSR count). The Morgan fingerprint density at radius 1 is 1.14 bits per heavy atom. The van der Waals surface area contributed by atoms with Crippen molar-refractivity contribution < 1.29 is 19.1 Å². The molecule has 0 spiro atoms. The smallest absolute Gasteiger partial charge is 0.262 e. The number of hydrogen-bond acceptors (Lipinski definition) is 4. The van der Waals surface area contributed by atoms with Crippen LogP contribution < -0.4 is 10.1 Å². The average molecular weight is 403 g/mol. The first-order chi connectivity index (χ1) is 13.4. The van der Waals surface area contributed by atoms with E-state index in [0.29, 0.717) is 48.3 Å². The maximum atomic E-state index is 12.4. The quantitative estimate of drug-likeness (QED) is 0.831. The number of nitrogens with one attached hydrogen (secondary N) is 1. The minimum Gasteiger partial charge on any atom is -0.482 e. The molecule has 0 aliphatic carbocycles. The largest absolute Gasteiger partial charge is 0.482 e. The summed E-state index contributed by atoms with van der Waals surface area (Å²) >= 11 is 6.19. The molecule has 0 radical (unpaired) electrons. The van der Waals surface area contributed by atoms with Crippen molar-refractivity contribution in [3.05, 3.63) is 58.1 Å². The number of ether oxygens (including phenoxy) is 2. The Balaban J connectivity index is 1.55. The van der Waals surface area contributed by atoms with Gasteiger partial charge in [0.1, 0.15) is 5.75 Å². The molecule has 6 nitrogen and oxygen atoms in total. The number of benzene rings is 2. The summed E-state index contributed by atoms with van der Waals surface area (Å²) in [6, 6.07) is 10.6. The lowest BCUT2D eigenvalue weighted by atomic mass is 10.1. The molecular weight excluding hydrogens is 380 g/mol. The molecular formula is C21H23ClN2O4. The van der Waals surface area contributed by atoms with Crippen LogP contribution in [0.3, 0.4) is 0 Å². The molecule has 0 saturated carbocycles. The molecule has 148 valence electrons. The second-order valence-electron chi connectivity index (χ2n) is 6.71. The van der Waals surface area contributed by atoms with Crippen molar-refractivity contribution in [1.82, 2.24) is 4.90 Å². The number of rotatable bonds is 5. The van der Waals surface area contributed by atoms with Gasteiger partial charge in [0, 0.05) is 24.3 Å². The van der Waals surface area contributed by atoms with E-state index in [4.69, 9.17) is 21.1 Å². The molecule has 2 aromatic rings. The maximum Gasteiger partial charge on any atom is 0.262 e. The predicted octanol–water partition coefficient (Wildman–Crippen LogP) is 3.45. The van der Waals surface area contributed by atoms with Gasteiger partial charge >= 0.3 is 0 Å². The zero-order valence-corrected chi connectivity index (χ0v) is 16.7. The molecule has 1 aliphatic rings. The monoisotopic (exact) mass is 402 g/mol. The molecule has 0 unspecified atom stereocenters. The zero-order valence-electron chi connectivity index (χ0n) is 16.0. The van der Waals surface area contributed by atoms with Crippen molar-refractivity contribution in [3.8, 4) is 5.75 Å². The second kappa shape index (κ2) is 9.08. The lowest BCUT2D eigenvalue weighted by Crippen LogP contribution is -2.40. The minimum atomic E-state index is -0.303. The van der Waals surface area contributed by atoms with Gasteiger partial charge in [0.05, 0.1) is 18.2 Å². The Morgan fingerprint density at radius 2 is 1.82 bits per heavy atom.